The molecule has 3 aromatic rings. The molecule has 0 N–H and O–H groups in total. The van der Waals surface area contributed by atoms with E-state index in [0.29, 0.717) is 6.01 Å². The lowest BCUT2D eigenvalue weighted by atomic mass is 9.84. The van der Waals surface area contributed by atoms with Crippen molar-refractivity contribution in [1.82, 2.24) is 19.9 Å². The van der Waals surface area contributed by atoms with Gasteiger partial charge in [0.1, 0.15) is 6.10 Å². The molecule has 2 aromatic heterocycles. The second kappa shape index (κ2) is 6.87. The molecule has 0 unspecified atom stereocenters. The summed E-state index contributed by atoms with van der Waals surface area (Å²) in [6.07, 6.45) is 5.29. The Hall–Kier alpha value is -2.57. The Morgan fingerprint density at radius 1 is 1.07 bits per heavy atom. The summed E-state index contributed by atoms with van der Waals surface area (Å²) in [6.45, 7) is 3.40. The maximum absolute atomic E-state index is 6.12. The van der Waals surface area contributed by atoms with E-state index in [0.717, 1.165) is 50.3 Å². The minimum atomic E-state index is -0.103. The Bertz CT molecular complexity index is 928. The Kier molecular flexibility index (Phi) is 4.22. The molecule has 2 saturated heterocycles. The predicted molar refractivity (Wildman–Crippen MR) is 101 cm³/mol. The molecular formula is C21H22N4O2. The summed E-state index contributed by atoms with van der Waals surface area (Å²) in [5.74, 6) is 0. The summed E-state index contributed by atoms with van der Waals surface area (Å²) in [7, 11) is 0. The zero-order valence-electron chi connectivity index (χ0n) is 15.1. The number of benzene rings is 1. The number of aromatic nitrogens is 3. The van der Waals surface area contributed by atoms with Gasteiger partial charge in [-0.15, -0.1) is 0 Å². The standard InChI is InChI=1S/C21H22N4O2/c1-2-5-19-16(4-1)6-7-17(24-19)13-25-14-21(15-25)12-18(8-11-26-21)27-20-22-9-3-10-23-20/h1-7,9-10,18H,8,11-15H2/t18-/m1/s1. The van der Waals surface area contributed by atoms with Crippen molar-refractivity contribution in [2.75, 3.05) is 19.7 Å². The third-order valence-electron chi connectivity index (χ3n) is 5.33. The van der Waals surface area contributed by atoms with Crippen molar-refractivity contribution in [3.63, 3.8) is 0 Å². The van der Waals surface area contributed by atoms with Crippen molar-refractivity contribution in [2.45, 2.75) is 31.1 Å². The molecule has 0 bridgehead atoms. The molecule has 27 heavy (non-hydrogen) atoms. The summed E-state index contributed by atoms with van der Waals surface area (Å²) >= 11 is 0. The molecular weight excluding hydrogens is 340 g/mol. The summed E-state index contributed by atoms with van der Waals surface area (Å²) < 4.78 is 12.1. The highest BCUT2D eigenvalue weighted by Gasteiger charge is 2.48. The van der Waals surface area contributed by atoms with E-state index in [1.165, 1.54) is 5.39 Å². The van der Waals surface area contributed by atoms with E-state index in [1.54, 1.807) is 18.5 Å². The molecule has 6 nitrogen and oxygen atoms in total. The van der Waals surface area contributed by atoms with Crippen LogP contribution < -0.4 is 4.74 Å². The summed E-state index contributed by atoms with van der Waals surface area (Å²) in [5, 5.41) is 1.18. The zero-order valence-corrected chi connectivity index (χ0v) is 15.1. The first-order chi connectivity index (χ1) is 13.3. The molecule has 1 aromatic carbocycles. The molecule has 0 aliphatic carbocycles. The number of ether oxygens (including phenoxy) is 2. The minimum Gasteiger partial charge on any atom is -0.460 e. The van der Waals surface area contributed by atoms with Gasteiger partial charge in [0.25, 0.3) is 0 Å². The number of pyridine rings is 1. The van der Waals surface area contributed by atoms with Crippen molar-refractivity contribution in [3.8, 4) is 6.01 Å². The van der Waals surface area contributed by atoms with E-state index >= 15 is 0 Å². The maximum atomic E-state index is 6.12. The van der Waals surface area contributed by atoms with Crippen molar-refractivity contribution in [3.05, 3.63) is 60.6 Å². The quantitative estimate of drug-likeness (QED) is 0.711. The highest BCUT2D eigenvalue weighted by molar-refractivity contribution is 5.78. The van der Waals surface area contributed by atoms with E-state index < -0.39 is 0 Å². The molecule has 0 amide bonds. The highest BCUT2D eigenvalue weighted by Crippen LogP contribution is 2.36. The molecule has 2 aliphatic heterocycles. The second-order valence-electron chi connectivity index (χ2n) is 7.44. The second-order valence-corrected chi connectivity index (χ2v) is 7.44. The first-order valence-corrected chi connectivity index (χ1v) is 9.43. The zero-order chi connectivity index (χ0) is 18.1. The smallest absolute Gasteiger partial charge is 0.316 e. The molecule has 5 rings (SSSR count). The number of rotatable bonds is 4. The fourth-order valence-electron chi connectivity index (χ4n) is 4.11. The van der Waals surface area contributed by atoms with Crippen LogP contribution in [0.15, 0.2) is 54.9 Å². The normalized spacial score (nSPS) is 21.9. The number of hydrogen-bond donors (Lipinski definition) is 0. The average Bonchev–Trinajstić information content (AvgIpc) is 2.68. The topological polar surface area (TPSA) is 60.4 Å². The molecule has 2 aliphatic rings. The molecule has 0 saturated carbocycles. The number of fused-ring (bicyclic) bond motifs is 1. The first kappa shape index (κ1) is 16.6. The Morgan fingerprint density at radius 2 is 1.93 bits per heavy atom. The highest BCUT2D eigenvalue weighted by atomic mass is 16.5. The van der Waals surface area contributed by atoms with Crippen LogP contribution in [-0.2, 0) is 11.3 Å². The lowest BCUT2D eigenvalue weighted by molar-refractivity contribution is -0.188. The van der Waals surface area contributed by atoms with Crippen molar-refractivity contribution >= 4 is 10.9 Å². The molecule has 1 spiro atoms. The Balaban J connectivity index is 1.20. The van der Waals surface area contributed by atoms with Crippen molar-refractivity contribution in [1.29, 1.82) is 0 Å². The average molecular weight is 362 g/mol. The fourth-order valence-corrected chi connectivity index (χ4v) is 4.11. The van der Waals surface area contributed by atoms with Crippen LogP contribution in [0.4, 0.5) is 0 Å². The Labute approximate surface area is 158 Å². The van der Waals surface area contributed by atoms with E-state index in [-0.39, 0.29) is 11.7 Å². The van der Waals surface area contributed by atoms with E-state index in [1.807, 2.05) is 12.1 Å². The molecule has 138 valence electrons. The van der Waals surface area contributed by atoms with Crippen LogP contribution in [0.3, 0.4) is 0 Å². The number of nitrogens with zero attached hydrogens (tertiary/aromatic N) is 4. The lowest BCUT2D eigenvalue weighted by Crippen LogP contribution is -2.65. The number of para-hydroxylation sites is 1. The lowest BCUT2D eigenvalue weighted by Gasteiger charge is -2.52. The van der Waals surface area contributed by atoms with Crippen LogP contribution in [0.2, 0.25) is 0 Å². The molecule has 2 fully saturated rings. The summed E-state index contributed by atoms with van der Waals surface area (Å²) in [5.41, 5.74) is 2.05. The van der Waals surface area contributed by atoms with Crippen LogP contribution >= 0.6 is 0 Å². The molecule has 0 radical (unpaired) electrons. The largest absolute Gasteiger partial charge is 0.460 e. The van der Waals surface area contributed by atoms with Gasteiger partial charge in [-0.05, 0) is 18.2 Å². The van der Waals surface area contributed by atoms with Crippen LogP contribution in [0, 0.1) is 0 Å². The van der Waals surface area contributed by atoms with Gasteiger partial charge in [-0.25, -0.2) is 9.97 Å². The van der Waals surface area contributed by atoms with Crippen LogP contribution in [0.5, 0.6) is 6.01 Å². The summed E-state index contributed by atoms with van der Waals surface area (Å²) in [6, 6.07) is 14.7. The van der Waals surface area contributed by atoms with Crippen molar-refractivity contribution in [2.24, 2.45) is 0 Å². The van der Waals surface area contributed by atoms with Crippen LogP contribution in [0.1, 0.15) is 18.5 Å². The third-order valence-corrected chi connectivity index (χ3v) is 5.33. The number of likely N-dealkylation sites (tertiary alicyclic amines) is 1. The van der Waals surface area contributed by atoms with Gasteiger partial charge < -0.3 is 9.47 Å². The maximum Gasteiger partial charge on any atom is 0.316 e. The molecule has 4 heterocycles. The van der Waals surface area contributed by atoms with E-state index in [9.17, 15) is 0 Å². The Morgan fingerprint density at radius 3 is 2.81 bits per heavy atom. The van der Waals surface area contributed by atoms with Gasteiger partial charge in [0.2, 0.25) is 0 Å². The van der Waals surface area contributed by atoms with E-state index in [4.69, 9.17) is 14.5 Å². The number of hydrogen-bond acceptors (Lipinski definition) is 6. The SMILES string of the molecule is c1cnc(O[C@@H]2CCOC3(C2)CN(Cc2ccc4ccccc4n2)C3)nc1. The van der Waals surface area contributed by atoms with Gasteiger partial charge in [-0.3, -0.25) is 9.88 Å². The van der Waals surface area contributed by atoms with Gasteiger partial charge in [-0.2, -0.15) is 0 Å². The minimum absolute atomic E-state index is 0.103. The summed E-state index contributed by atoms with van der Waals surface area (Å²) in [4.78, 5) is 15.5. The van der Waals surface area contributed by atoms with Gasteiger partial charge in [0, 0.05) is 50.3 Å². The third kappa shape index (κ3) is 3.50. The fraction of sp³-hybridized carbons (Fsp3) is 0.381. The van der Waals surface area contributed by atoms with Crippen LogP contribution in [0.25, 0.3) is 10.9 Å². The monoisotopic (exact) mass is 362 g/mol. The predicted octanol–water partition coefficient (Wildman–Crippen LogP) is 2.84. The molecule has 6 heteroatoms. The van der Waals surface area contributed by atoms with Crippen LogP contribution in [-0.4, -0.2) is 51.3 Å². The van der Waals surface area contributed by atoms with E-state index in [2.05, 4.69) is 39.1 Å². The van der Waals surface area contributed by atoms with Gasteiger partial charge in [-0.1, -0.05) is 24.3 Å². The molecule has 1 atom stereocenters. The first-order valence-electron chi connectivity index (χ1n) is 9.43. The van der Waals surface area contributed by atoms with Gasteiger partial charge in [0.05, 0.1) is 23.4 Å². The van der Waals surface area contributed by atoms with Gasteiger partial charge >= 0.3 is 6.01 Å². The van der Waals surface area contributed by atoms with Crippen molar-refractivity contribution < 1.29 is 9.47 Å². The van der Waals surface area contributed by atoms with Gasteiger partial charge in [0.15, 0.2) is 0 Å².